The predicted molar refractivity (Wildman–Crippen MR) is 152 cm³/mol. The highest BCUT2D eigenvalue weighted by atomic mass is 16.3. The molecule has 3 saturated carbocycles. The van der Waals surface area contributed by atoms with E-state index in [-0.39, 0.29) is 5.91 Å². The van der Waals surface area contributed by atoms with Gasteiger partial charge in [0.25, 0.3) is 0 Å². The summed E-state index contributed by atoms with van der Waals surface area (Å²) in [5, 5.41) is 24.7. The average molecular weight is 533 g/mol. The molecule has 3 fully saturated rings. The molecule has 0 spiro atoms. The molecule has 0 saturated heterocycles. The number of aliphatic hydroxyl groups is 2. The topological polar surface area (TPSA) is 104 Å². The lowest BCUT2D eigenvalue weighted by molar-refractivity contribution is -0.171. The van der Waals surface area contributed by atoms with Gasteiger partial charge in [0.15, 0.2) is 0 Å². The van der Waals surface area contributed by atoms with Crippen molar-refractivity contribution in [2.24, 2.45) is 11.1 Å². The van der Waals surface area contributed by atoms with Crippen molar-refractivity contribution in [2.75, 3.05) is 0 Å². The van der Waals surface area contributed by atoms with Gasteiger partial charge in [0, 0.05) is 0 Å². The van der Waals surface area contributed by atoms with E-state index in [1.807, 2.05) is 60.7 Å². The Morgan fingerprint density at radius 2 is 1.05 bits per heavy atom. The van der Waals surface area contributed by atoms with E-state index in [1.165, 1.54) is 0 Å². The van der Waals surface area contributed by atoms with Crippen LogP contribution in [-0.2, 0) is 22.4 Å². The lowest BCUT2D eigenvalue weighted by Crippen LogP contribution is -2.67. The average Bonchev–Trinajstić information content (AvgIpc) is 3.76. The summed E-state index contributed by atoms with van der Waals surface area (Å²) in [4.78, 5) is 29.3. The highest BCUT2D eigenvalue weighted by Crippen LogP contribution is 2.50. The van der Waals surface area contributed by atoms with Gasteiger partial charge in [-0.2, -0.15) is 0 Å². The molecule has 2 unspecified atom stereocenters. The zero-order chi connectivity index (χ0) is 27.5. The molecule has 3 aliphatic rings. The summed E-state index contributed by atoms with van der Waals surface area (Å²) in [5.41, 5.74) is 4.46. The number of hydrogen-bond acceptors (Lipinski definition) is 4. The van der Waals surface area contributed by atoms with Crippen LogP contribution in [0.2, 0.25) is 0 Å². The lowest BCUT2D eigenvalue weighted by atomic mass is 9.72. The fraction of sp³-hybridized carbons (Fsp3) is 0.576. The van der Waals surface area contributed by atoms with Gasteiger partial charge in [-0.3, -0.25) is 9.59 Å². The second-order valence-corrected chi connectivity index (χ2v) is 12.4. The van der Waals surface area contributed by atoms with Crippen molar-refractivity contribution >= 4 is 11.8 Å². The van der Waals surface area contributed by atoms with Gasteiger partial charge in [0.2, 0.25) is 11.8 Å². The van der Waals surface area contributed by atoms with Gasteiger partial charge in [0.1, 0.15) is 5.41 Å². The second-order valence-electron chi connectivity index (χ2n) is 12.4. The van der Waals surface area contributed by atoms with E-state index < -0.39 is 34.6 Å². The molecule has 3 aliphatic carbocycles. The molecule has 4 N–H and O–H groups in total. The van der Waals surface area contributed by atoms with Gasteiger partial charge in [-0.1, -0.05) is 99.2 Å². The Morgan fingerprint density at radius 3 is 1.38 bits per heavy atom. The minimum absolute atomic E-state index is 0.310. The molecular weight excluding hydrogens is 488 g/mol. The predicted octanol–water partition coefficient (Wildman–Crippen LogP) is 4.69. The van der Waals surface area contributed by atoms with E-state index in [4.69, 9.17) is 5.73 Å². The smallest absolute Gasteiger partial charge is 0.238 e. The molecule has 0 bridgehead atoms. The van der Waals surface area contributed by atoms with Gasteiger partial charge in [-0.05, 0) is 62.5 Å². The van der Waals surface area contributed by atoms with Crippen molar-refractivity contribution in [3.8, 4) is 0 Å². The second kappa shape index (κ2) is 11.4. The van der Waals surface area contributed by atoms with Crippen LogP contribution in [0.3, 0.4) is 0 Å². The first kappa shape index (κ1) is 27.9. The number of nitrogens with zero attached hydrogens (tertiary/aromatic N) is 1. The van der Waals surface area contributed by atoms with Crippen LogP contribution in [0.1, 0.15) is 88.2 Å². The van der Waals surface area contributed by atoms with Crippen molar-refractivity contribution in [1.29, 1.82) is 0 Å². The summed E-state index contributed by atoms with van der Waals surface area (Å²) < 4.78 is 0. The highest BCUT2D eigenvalue weighted by molar-refractivity contribution is 6.07. The largest absolute Gasteiger partial charge is 0.388 e. The summed E-state index contributed by atoms with van der Waals surface area (Å²) in [7, 11) is 0. The normalized spacial score (nSPS) is 22.8. The first-order valence-electron chi connectivity index (χ1n) is 14.9. The molecule has 5 rings (SSSR count). The SMILES string of the molecule is NC(=O)C1(C(=O)N(C(Cc2ccccc2)C2(O)CCCCC2)C(Cc2ccccc2)C2(O)CCCCC2)CC1. The van der Waals surface area contributed by atoms with Crippen molar-refractivity contribution in [2.45, 2.75) is 113 Å². The Hall–Kier alpha value is -2.70. The molecule has 0 aliphatic heterocycles. The maximum Gasteiger partial charge on any atom is 0.238 e. The molecule has 39 heavy (non-hydrogen) atoms. The minimum atomic E-state index is -1.25. The quantitative estimate of drug-likeness (QED) is 0.386. The third-order valence-electron chi connectivity index (χ3n) is 9.76. The van der Waals surface area contributed by atoms with Crippen LogP contribution in [0.4, 0.5) is 0 Å². The number of nitrogens with two attached hydrogens (primary N) is 1. The highest BCUT2D eigenvalue weighted by Gasteiger charge is 2.61. The van der Waals surface area contributed by atoms with E-state index in [1.54, 1.807) is 4.90 Å². The Bertz CT molecular complexity index is 1050. The molecule has 2 amide bonds. The molecule has 0 heterocycles. The van der Waals surface area contributed by atoms with Crippen molar-refractivity contribution in [1.82, 2.24) is 4.90 Å². The number of carbonyl (C=O) groups excluding carboxylic acids is 2. The van der Waals surface area contributed by atoms with E-state index >= 15 is 0 Å². The molecule has 6 heteroatoms. The molecule has 2 aromatic carbocycles. The fourth-order valence-corrected chi connectivity index (χ4v) is 7.20. The number of rotatable bonds is 10. The van der Waals surface area contributed by atoms with Gasteiger partial charge >= 0.3 is 0 Å². The molecular formula is C33H44N2O4. The molecule has 2 aromatic rings. The Morgan fingerprint density at radius 1 is 0.667 bits per heavy atom. The first-order chi connectivity index (χ1) is 18.8. The molecule has 6 nitrogen and oxygen atoms in total. The van der Waals surface area contributed by atoms with Crippen LogP contribution in [0.15, 0.2) is 60.7 Å². The summed E-state index contributed by atoms with van der Waals surface area (Å²) in [6.07, 6.45) is 9.78. The van der Waals surface area contributed by atoms with Crippen LogP contribution >= 0.6 is 0 Å². The standard InChI is InChI=1S/C33H44N2O4/c34-29(36)31(21-22-31)30(37)35(27(23-25-13-5-1-6-14-25)32(38)17-9-3-10-18-32)28(24-26-15-7-2-8-16-26)33(39)19-11-4-12-20-33/h1-2,5-8,13-16,27-28,38-39H,3-4,9-12,17-24H2,(H2,34,36). The number of amides is 2. The first-order valence-corrected chi connectivity index (χ1v) is 14.9. The molecule has 0 radical (unpaired) electrons. The van der Waals surface area contributed by atoms with E-state index in [9.17, 15) is 19.8 Å². The summed E-state index contributed by atoms with van der Waals surface area (Å²) in [6.45, 7) is 0. The lowest BCUT2D eigenvalue weighted by Gasteiger charge is -2.53. The van der Waals surface area contributed by atoms with E-state index in [2.05, 4.69) is 0 Å². The van der Waals surface area contributed by atoms with Crippen LogP contribution < -0.4 is 5.73 Å². The number of carbonyl (C=O) groups is 2. The maximum absolute atomic E-state index is 14.7. The van der Waals surface area contributed by atoms with Crippen molar-refractivity contribution in [3.63, 3.8) is 0 Å². The minimum Gasteiger partial charge on any atom is -0.388 e. The zero-order valence-electron chi connectivity index (χ0n) is 23.1. The number of primary amides is 1. The van der Waals surface area contributed by atoms with Crippen LogP contribution in [-0.4, -0.2) is 50.2 Å². The summed E-state index contributed by atoms with van der Waals surface area (Å²) >= 11 is 0. The fourth-order valence-electron chi connectivity index (χ4n) is 7.20. The van der Waals surface area contributed by atoms with Crippen LogP contribution in [0.5, 0.6) is 0 Å². The van der Waals surface area contributed by atoms with Gasteiger partial charge in [-0.15, -0.1) is 0 Å². The monoisotopic (exact) mass is 532 g/mol. The summed E-state index contributed by atoms with van der Waals surface area (Å²) in [5.74, 6) is -0.907. The molecule has 210 valence electrons. The molecule has 2 atom stereocenters. The van der Waals surface area contributed by atoms with Gasteiger partial charge in [0.05, 0.1) is 23.3 Å². The van der Waals surface area contributed by atoms with Gasteiger partial charge in [-0.25, -0.2) is 0 Å². The van der Waals surface area contributed by atoms with E-state index in [0.717, 1.165) is 49.7 Å². The van der Waals surface area contributed by atoms with Crippen molar-refractivity contribution < 1.29 is 19.8 Å². The maximum atomic E-state index is 14.7. The zero-order valence-corrected chi connectivity index (χ0v) is 23.1. The van der Waals surface area contributed by atoms with Crippen molar-refractivity contribution in [3.05, 3.63) is 71.8 Å². The number of benzene rings is 2. The van der Waals surface area contributed by atoms with Crippen LogP contribution in [0.25, 0.3) is 0 Å². The molecule has 0 aromatic heterocycles. The third-order valence-corrected chi connectivity index (χ3v) is 9.76. The van der Waals surface area contributed by atoms with E-state index in [0.29, 0.717) is 51.4 Å². The van der Waals surface area contributed by atoms with Crippen LogP contribution in [0, 0.1) is 5.41 Å². The third kappa shape index (κ3) is 5.78. The van der Waals surface area contributed by atoms with Gasteiger partial charge < -0.3 is 20.8 Å². The Balaban J connectivity index is 1.66. The Labute approximate surface area is 232 Å². The number of hydrogen-bond donors (Lipinski definition) is 3. The Kier molecular flexibility index (Phi) is 8.16. The summed E-state index contributed by atoms with van der Waals surface area (Å²) in [6, 6.07) is 18.8.